The summed E-state index contributed by atoms with van der Waals surface area (Å²) in [5.41, 5.74) is 0. The molecule has 130 valence electrons. The fourth-order valence-electron chi connectivity index (χ4n) is 3.63. The number of hydrogen-bond acceptors (Lipinski definition) is 5. The predicted molar refractivity (Wildman–Crippen MR) is 91.0 cm³/mol. The van der Waals surface area contributed by atoms with Gasteiger partial charge in [-0.05, 0) is 37.7 Å². The highest BCUT2D eigenvalue weighted by Crippen LogP contribution is 2.38. The van der Waals surface area contributed by atoms with E-state index in [1.807, 2.05) is 17.2 Å². The summed E-state index contributed by atoms with van der Waals surface area (Å²) in [6.45, 7) is 4.85. The van der Waals surface area contributed by atoms with Crippen molar-refractivity contribution in [2.45, 2.75) is 38.0 Å². The molecule has 1 aromatic rings. The van der Waals surface area contributed by atoms with Gasteiger partial charge in [0.1, 0.15) is 11.6 Å². The van der Waals surface area contributed by atoms with Crippen LogP contribution in [0.5, 0.6) is 0 Å². The van der Waals surface area contributed by atoms with Crippen molar-refractivity contribution in [1.82, 2.24) is 14.9 Å². The van der Waals surface area contributed by atoms with Crippen LogP contribution in [-0.4, -0.2) is 60.2 Å². The van der Waals surface area contributed by atoms with Gasteiger partial charge in [0.2, 0.25) is 5.91 Å². The Kier molecular flexibility index (Phi) is 4.65. The number of anilines is 1. The molecule has 3 fully saturated rings. The number of aromatic nitrogens is 2. The van der Waals surface area contributed by atoms with Gasteiger partial charge >= 0.3 is 0 Å². The Morgan fingerprint density at radius 3 is 2.58 bits per heavy atom. The molecule has 6 heteroatoms. The van der Waals surface area contributed by atoms with Crippen LogP contribution in [0.3, 0.4) is 0 Å². The van der Waals surface area contributed by atoms with Crippen molar-refractivity contribution >= 4 is 11.7 Å². The first kappa shape index (κ1) is 15.8. The maximum atomic E-state index is 12.4. The molecule has 2 aliphatic heterocycles. The number of amides is 1. The lowest BCUT2D eigenvalue weighted by atomic mass is 9.93. The number of rotatable bonds is 4. The summed E-state index contributed by atoms with van der Waals surface area (Å²) >= 11 is 0. The summed E-state index contributed by atoms with van der Waals surface area (Å²) in [4.78, 5) is 25.8. The van der Waals surface area contributed by atoms with Crippen molar-refractivity contribution in [3.63, 3.8) is 0 Å². The molecule has 24 heavy (non-hydrogen) atoms. The average molecular weight is 330 g/mol. The normalized spacial score (nSPS) is 22.7. The lowest BCUT2D eigenvalue weighted by molar-refractivity contribution is -0.136. The van der Waals surface area contributed by atoms with Crippen molar-refractivity contribution in [2.75, 3.05) is 44.3 Å². The smallest absolute Gasteiger partial charge is 0.223 e. The summed E-state index contributed by atoms with van der Waals surface area (Å²) in [6, 6.07) is 2.02. The van der Waals surface area contributed by atoms with Gasteiger partial charge in [-0.2, -0.15) is 0 Å². The van der Waals surface area contributed by atoms with E-state index in [-0.39, 0.29) is 0 Å². The van der Waals surface area contributed by atoms with Gasteiger partial charge in [0.05, 0.1) is 13.2 Å². The van der Waals surface area contributed by atoms with Gasteiger partial charge in [-0.15, -0.1) is 0 Å². The Hall–Kier alpha value is -1.69. The molecule has 0 N–H and O–H groups in total. The van der Waals surface area contributed by atoms with Crippen LogP contribution in [0.2, 0.25) is 0 Å². The third-order valence-electron chi connectivity index (χ3n) is 5.37. The van der Waals surface area contributed by atoms with E-state index in [0.29, 0.717) is 37.4 Å². The molecule has 1 aliphatic carbocycles. The second kappa shape index (κ2) is 7.05. The monoisotopic (exact) mass is 330 g/mol. The van der Waals surface area contributed by atoms with Crippen molar-refractivity contribution in [2.24, 2.45) is 5.92 Å². The van der Waals surface area contributed by atoms with Gasteiger partial charge in [-0.25, -0.2) is 9.97 Å². The summed E-state index contributed by atoms with van der Waals surface area (Å²) < 4.78 is 5.32. The standard InChI is InChI=1S/C18H26N4O2/c23-17(22-9-11-24-12-10-22)13-14-4-7-21(8-5-14)16-3-6-19-18(20-16)15-1-2-15/h3,6,14-15H,1-2,4-5,7-13H2. The molecule has 1 amide bonds. The number of morpholine rings is 1. The zero-order valence-corrected chi connectivity index (χ0v) is 14.2. The minimum atomic E-state index is 0.301. The van der Waals surface area contributed by atoms with E-state index in [4.69, 9.17) is 9.72 Å². The van der Waals surface area contributed by atoms with Crippen LogP contribution in [-0.2, 0) is 9.53 Å². The summed E-state index contributed by atoms with van der Waals surface area (Å²) in [5, 5.41) is 0. The van der Waals surface area contributed by atoms with E-state index in [1.165, 1.54) is 12.8 Å². The van der Waals surface area contributed by atoms with Gasteiger partial charge in [0.15, 0.2) is 0 Å². The Morgan fingerprint density at radius 2 is 1.88 bits per heavy atom. The Labute approximate surface area is 143 Å². The zero-order chi connectivity index (χ0) is 16.4. The van der Waals surface area contributed by atoms with Crippen LogP contribution >= 0.6 is 0 Å². The first-order valence-electron chi connectivity index (χ1n) is 9.23. The topological polar surface area (TPSA) is 58.6 Å². The van der Waals surface area contributed by atoms with Gasteiger partial charge in [0.25, 0.3) is 0 Å². The molecule has 0 spiro atoms. The molecule has 1 aromatic heterocycles. The average Bonchev–Trinajstić information content (AvgIpc) is 3.48. The summed E-state index contributed by atoms with van der Waals surface area (Å²) in [7, 11) is 0. The molecule has 0 bridgehead atoms. The largest absolute Gasteiger partial charge is 0.378 e. The van der Waals surface area contributed by atoms with Crippen molar-refractivity contribution in [3.05, 3.63) is 18.1 Å². The van der Waals surface area contributed by atoms with E-state index in [9.17, 15) is 4.79 Å². The summed E-state index contributed by atoms with van der Waals surface area (Å²) in [6.07, 6.45) is 7.18. The van der Waals surface area contributed by atoms with Crippen LogP contribution in [0.1, 0.15) is 43.8 Å². The quantitative estimate of drug-likeness (QED) is 0.843. The molecule has 0 radical (unpaired) electrons. The molecule has 0 aromatic carbocycles. The van der Waals surface area contributed by atoms with Crippen molar-refractivity contribution < 1.29 is 9.53 Å². The van der Waals surface area contributed by atoms with Gasteiger partial charge < -0.3 is 14.5 Å². The third-order valence-corrected chi connectivity index (χ3v) is 5.37. The SMILES string of the molecule is O=C(CC1CCN(c2ccnc(C3CC3)n2)CC1)N1CCOCC1. The van der Waals surface area contributed by atoms with Crippen molar-refractivity contribution in [1.29, 1.82) is 0 Å². The maximum absolute atomic E-state index is 12.4. The molecule has 4 rings (SSSR count). The van der Waals surface area contributed by atoms with E-state index in [1.54, 1.807) is 0 Å². The first-order chi connectivity index (χ1) is 11.8. The molecule has 2 saturated heterocycles. The molecule has 0 atom stereocenters. The number of hydrogen-bond donors (Lipinski definition) is 0. The molecule has 1 saturated carbocycles. The highest BCUT2D eigenvalue weighted by molar-refractivity contribution is 5.76. The number of carbonyl (C=O) groups excluding carboxylic acids is 1. The molecule has 3 heterocycles. The van der Waals surface area contributed by atoms with Gasteiger partial charge in [-0.3, -0.25) is 4.79 Å². The van der Waals surface area contributed by atoms with Gasteiger partial charge in [-0.1, -0.05) is 0 Å². The van der Waals surface area contributed by atoms with Crippen LogP contribution in [0.4, 0.5) is 5.82 Å². The van der Waals surface area contributed by atoms with Gasteiger partial charge in [0, 0.05) is 44.7 Å². The Bertz CT molecular complexity index is 576. The zero-order valence-electron chi connectivity index (χ0n) is 14.2. The van der Waals surface area contributed by atoms with Crippen LogP contribution in [0, 0.1) is 5.92 Å². The molecular formula is C18H26N4O2. The van der Waals surface area contributed by atoms with E-state index in [0.717, 1.165) is 50.7 Å². The highest BCUT2D eigenvalue weighted by Gasteiger charge is 2.28. The molecular weight excluding hydrogens is 304 g/mol. The Balaban J connectivity index is 1.28. The minimum Gasteiger partial charge on any atom is -0.378 e. The third kappa shape index (κ3) is 3.69. The molecule has 6 nitrogen and oxygen atoms in total. The fourth-order valence-corrected chi connectivity index (χ4v) is 3.63. The second-order valence-corrected chi connectivity index (χ2v) is 7.18. The Morgan fingerprint density at radius 1 is 1.12 bits per heavy atom. The number of carbonyl (C=O) groups is 1. The van der Waals surface area contributed by atoms with Crippen LogP contribution in [0.15, 0.2) is 12.3 Å². The lowest BCUT2D eigenvalue weighted by Gasteiger charge is -2.34. The van der Waals surface area contributed by atoms with E-state index < -0.39 is 0 Å². The molecule has 3 aliphatic rings. The molecule has 0 unspecified atom stereocenters. The van der Waals surface area contributed by atoms with Crippen molar-refractivity contribution in [3.8, 4) is 0 Å². The summed E-state index contributed by atoms with van der Waals surface area (Å²) in [5.74, 6) is 3.46. The maximum Gasteiger partial charge on any atom is 0.223 e. The van der Waals surface area contributed by atoms with E-state index >= 15 is 0 Å². The van der Waals surface area contributed by atoms with Crippen LogP contribution < -0.4 is 4.90 Å². The predicted octanol–water partition coefficient (Wildman–Crippen LogP) is 1.82. The fraction of sp³-hybridized carbons (Fsp3) is 0.722. The second-order valence-electron chi connectivity index (χ2n) is 7.18. The van der Waals surface area contributed by atoms with E-state index in [2.05, 4.69) is 9.88 Å². The number of piperidine rings is 1. The highest BCUT2D eigenvalue weighted by atomic mass is 16.5. The minimum absolute atomic E-state index is 0.301. The van der Waals surface area contributed by atoms with Crippen LogP contribution in [0.25, 0.3) is 0 Å². The number of ether oxygens (including phenoxy) is 1. The first-order valence-corrected chi connectivity index (χ1v) is 9.23. The number of nitrogens with zero attached hydrogens (tertiary/aromatic N) is 4. The lowest BCUT2D eigenvalue weighted by Crippen LogP contribution is -2.42.